The summed E-state index contributed by atoms with van der Waals surface area (Å²) in [7, 11) is 0. The van der Waals surface area contributed by atoms with E-state index in [0.717, 1.165) is 24.8 Å². The highest BCUT2D eigenvalue weighted by Gasteiger charge is 2.42. The van der Waals surface area contributed by atoms with Gasteiger partial charge in [-0.15, -0.1) is 0 Å². The second-order valence-electron chi connectivity index (χ2n) is 11.1. The lowest BCUT2D eigenvalue weighted by atomic mass is 9.96. The van der Waals surface area contributed by atoms with Gasteiger partial charge in [0.1, 0.15) is 0 Å². The molecule has 2 unspecified atom stereocenters. The van der Waals surface area contributed by atoms with Crippen LogP contribution in [0.25, 0.3) is 0 Å². The monoisotopic (exact) mass is 549 g/mol. The van der Waals surface area contributed by atoms with Gasteiger partial charge in [-0.25, -0.2) is 0 Å². The van der Waals surface area contributed by atoms with E-state index in [1.807, 2.05) is 30.3 Å². The quantitative estimate of drug-likeness (QED) is 0.0976. The Morgan fingerprint density at radius 2 is 1.35 bits per heavy atom. The summed E-state index contributed by atoms with van der Waals surface area (Å²) in [5.41, 5.74) is 2.19. The summed E-state index contributed by atoms with van der Waals surface area (Å²) >= 11 is 0. The van der Waals surface area contributed by atoms with E-state index in [4.69, 9.17) is 4.74 Å². The fourth-order valence-corrected chi connectivity index (χ4v) is 5.19. The summed E-state index contributed by atoms with van der Waals surface area (Å²) in [4.78, 5) is 38.6. The molecule has 2 aromatic rings. The van der Waals surface area contributed by atoms with Crippen molar-refractivity contribution >= 4 is 17.7 Å². The van der Waals surface area contributed by atoms with Crippen LogP contribution in [0, 0.1) is 5.92 Å². The molecule has 1 aliphatic rings. The van der Waals surface area contributed by atoms with Crippen molar-refractivity contribution < 1.29 is 24.2 Å². The van der Waals surface area contributed by atoms with Crippen LogP contribution in [-0.2, 0) is 20.9 Å². The Kier molecular flexibility index (Phi) is 13.9. The fourth-order valence-electron chi connectivity index (χ4n) is 5.19. The third kappa shape index (κ3) is 11.2. The van der Waals surface area contributed by atoms with E-state index in [0.29, 0.717) is 30.7 Å². The first kappa shape index (κ1) is 31.5. The number of aliphatic carboxylic acids is 1. The van der Waals surface area contributed by atoms with E-state index in [1.165, 1.54) is 57.8 Å². The van der Waals surface area contributed by atoms with Gasteiger partial charge in [-0.05, 0) is 12.0 Å². The normalized spacial score (nSPS) is 15.1. The van der Waals surface area contributed by atoms with Crippen molar-refractivity contribution in [1.29, 1.82) is 0 Å². The number of ether oxygens (including phenoxy) is 1. The standard InChI is InChI=1S/C34H47NO5/c1-2-3-4-5-6-7-8-9-10-11-12-14-19-30(24-32(36)37)34(39)35-25-31(35)40-26-27-20-22-29(23-21-27)33(38)28-17-15-13-16-18-28/h13,15-18,20-23,30-31H,2-12,14,19,24-26H2,1H3,(H,36,37). The topological polar surface area (TPSA) is 83.7 Å². The Balaban J connectivity index is 1.32. The molecule has 218 valence electrons. The van der Waals surface area contributed by atoms with Crippen molar-refractivity contribution in [3.8, 4) is 0 Å². The van der Waals surface area contributed by atoms with Gasteiger partial charge in [0.2, 0.25) is 5.91 Å². The first-order chi connectivity index (χ1) is 19.5. The Hall–Kier alpha value is -2.99. The molecule has 1 saturated heterocycles. The Morgan fingerprint density at radius 3 is 1.93 bits per heavy atom. The second kappa shape index (κ2) is 17.6. The van der Waals surface area contributed by atoms with Gasteiger partial charge in [0.05, 0.1) is 19.6 Å². The zero-order valence-electron chi connectivity index (χ0n) is 24.2. The summed E-state index contributed by atoms with van der Waals surface area (Å²) in [5, 5.41) is 9.35. The smallest absolute Gasteiger partial charge is 0.304 e. The number of carbonyl (C=O) groups excluding carboxylic acids is 2. The van der Waals surface area contributed by atoms with Gasteiger partial charge in [-0.1, -0.05) is 139 Å². The molecule has 0 radical (unpaired) electrons. The molecule has 0 aliphatic carbocycles. The summed E-state index contributed by atoms with van der Waals surface area (Å²) < 4.78 is 5.90. The molecule has 1 N–H and O–H groups in total. The average molecular weight is 550 g/mol. The molecule has 0 saturated carbocycles. The van der Waals surface area contributed by atoms with Gasteiger partial charge in [0.15, 0.2) is 12.0 Å². The number of ketones is 1. The molecular weight excluding hydrogens is 502 g/mol. The fraction of sp³-hybridized carbons (Fsp3) is 0.559. The molecule has 6 nitrogen and oxygen atoms in total. The molecule has 2 aromatic carbocycles. The highest BCUT2D eigenvalue weighted by atomic mass is 16.5. The van der Waals surface area contributed by atoms with E-state index in [2.05, 4.69) is 6.92 Å². The van der Waals surface area contributed by atoms with Gasteiger partial charge in [0.25, 0.3) is 0 Å². The third-order valence-electron chi connectivity index (χ3n) is 7.72. The Labute approximate surface area is 240 Å². The number of carboxylic acid groups (broad SMARTS) is 1. The Morgan fingerprint density at radius 1 is 0.800 bits per heavy atom. The van der Waals surface area contributed by atoms with Crippen LogP contribution in [0.4, 0.5) is 0 Å². The highest BCUT2D eigenvalue weighted by Crippen LogP contribution is 2.27. The molecule has 1 aliphatic heterocycles. The van der Waals surface area contributed by atoms with Gasteiger partial charge in [-0.3, -0.25) is 14.4 Å². The van der Waals surface area contributed by atoms with Crippen LogP contribution in [0.5, 0.6) is 0 Å². The second-order valence-corrected chi connectivity index (χ2v) is 11.1. The minimum atomic E-state index is -0.929. The van der Waals surface area contributed by atoms with Crippen molar-refractivity contribution in [2.75, 3.05) is 6.54 Å². The van der Waals surface area contributed by atoms with Gasteiger partial charge in [-0.2, -0.15) is 0 Å². The SMILES string of the molecule is CCCCCCCCCCCCCCC(CC(=O)O)C(=O)N1CC1OCc1ccc(C(=O)c2ccccc2)cc1. The minimum absolute atomic E-state index is 0.0235. The molecule has 0 bridgehead atoms. The number of unbranched alkanes of at least 4 members (excludes halogenated alkanes) is 11. The maximum atomic E-state index is 13.0. The largest absolute Gasteiger partial charge is 0.481 e. The number of nitrogens with zero attached hydrogens (tertiary/aromatic N) is 1. The first-order valence-electron chi connectivity index (χ1n) is 15.3. The molecule has 6 heteroatoms. The van der Waals surface area contributed by atoms with E-state index in [1.54, 1.807) is 29.2 Å². The minimum Gasteiger partial charge on any atom is -0.481 e. The van der Waals surface area contributed by atoms with Crippen molar-refractivity contribution in [2.24, 2.45) is 5.92 Å². The lowest BCUT2D eigenvalue weighted by Gasteiger charge is -2.15. The van der Waals surface area contributed by atoms with Crippen LogP contribution in [-0.4, -0.2) is 40.4 Å². The molecule has 0 aromatic heterocycles. The zero-order chi connectivity index (χ0) is 28.6. The van der Waals surface area contributed by atoms with E-state index in [-0.39, 0.29) is 24.3 Å². The van der Waals surface area contributed by atoms with E-state index in [9.17, 15) is 19.5 Å². The van der Waals surface area contributed by atoms with Crippen LogP contribution in [0.3, 0.4) is 0 Å². The van der Waals surface area contributed by atoms with Crippen LogP contribution in [0.2, 0.25) is 0 Å². The number of benzene rings is 2. The summed E-state index contributed by atoms with van der Waals surface area (Å²) in [5.74, 6) is -1.55. The lowest BCUT2D eigenvalue weighted by Crippen LogP contribution is -2.26. The summed E-state index contributed by atoms with van der Waals surface area (Å²) in [6, 6.07) is 16.5. The molecule has 40 heavy (non-hydrogen) atoms. The van der Waals surface area contributed by atoms with E-state index >= 15 is 0 Å². The van der Waals surface area contributed by atoms with Crippen molar-refractivity contribution in [2.45, 2.75) is 110 Å². The molecule has 2 atom stereocenters. The van der Waals surface area contributed by atoms with Crippen molar-refractivity contribution in [3.05, 3.63) is 71.3 Å². The number of carbonyl (C=O) groups is 3. The zero-order valence-corrected chi connectivity index (χ0v) is 24.2. The number of amides is 1. The number of rotatable bonds is 21. The highest BCUT2D eigenvalue weighted by molar-refractivity contribution is 6.08. The van der Waals surface area contributed by atoms with Crippen molar-refractivity contribution in [3.63, 3.8) is 0 Å². The molecule has 3 rings (SSSR count). The number of hydrogen-bond acceptors (Lipinski definition) is 4. The maximum absolute atomic E-state index is 13.0. The molecule has 1 heterocycles. The van der Waals surface area contributed by atoms with Crippen LogP contribution >= 0.6 is 0 Å². The predicted molar refractivity (Wildman–Crippen MR) is 158 cm³/mol. The van der Waals surface area contributed by atoms with Gasteiger partial charge >= 0.3 is 5.97 Å². The van der Waals surface area contributed by atoms with Crippen LogP contribution in [0.1, 0.15) is 118 Å². The summed E-state index contributed by atoms with van der Waals surface area (Å²) in [6.45, 7) is 3.07. The van der Waals surface area contributed by atoms with E-state index < -0.39 is 11.9 Å². The molecule has 0 spiro atoms. The van der Waals surface area contributed by atoms with Gasteiger partial charge in [0, 0.05) is 17.0 Å². The first-order valence-corrected chi connectivity index (χ1v) is 15.3. The Bertz CT molecular complexity index is 1040. The van der Waals surface area contributed by atoms with Crippen LogP contribution in [0.15, 0.2) is 54.6 Å². The molecular formula is C34H47NO5. The predicted octanol–water partition coefficient (Wildman–Crippen LogP) is 7.78. The maximum Gasteiger partial charge on any atom is 0.304 e. The number of hydrogen-bond donors (Lipinski definition) is 1. The average Bonchev–Trinajstić information content (AvgIpc) is 3.75. The third-order valence-corrected chi connectivity index (χ3v) is 7.72. The van der Waals surface area contributed by atoms with Crippen molar-refractivity contribution in [1.82, 2.24) is 4.90 Å². The van der Waals surface area contributed by atoms with Crippen LogP contribution < -0.4 is 0 Å². The lowest BCUT2D eigenvalue weighted by molar-refractivity contribution is -0.143. The molecule has 1 fully saturated rings. The molecule has 1 amide bonds. The summed E-state index contributed by atoms with van der Waals surface area (Å²) in [6.07, 6.45) is 15.1. The van der Waals surface area contributed by atoms with Gasteiger partial charge < -0.3 is 14.7 Å². The number of carboxylic acids is 1.